The minimum atomic E-state index is -1.59. The number of fused-ring (bicyclic) bond motifs is 3. The van der Waals surface area contributed by atoms with Crippen LogP contribution in [0.5, 0.6) is 0 Å². The monoisotopic (exact) mass is 471 g/mol. The summed E-state index contributed by atoms with van der Waals surface area (Å²) in [5.41, 5.74) is 4.97. The van der Waals surface area contributed by atoms with Gasteiger partial charge in [0.05, 0.1) is 0 Å². The Kier molecular flexibility index (Phi) is 7.26. The van der Waals surface area contributed by atoms with Gasteiger partial charge in [-0.25, -0.2) is 9.59 Å². The molecule has 3 aromatic carbocycles. The lowest BCUT2D eigenvalue weighted by Crippen LogP contribution is -2.48. The van der Waals surface area contributed by atoms with Crippen molar-refractivity contribution in [2.75, 3.05) is 6.61 Å². The molecular weight excluding hydrogens is 446 g/mol. The SMILES string of the molecule is C=CC(C(=O)OCc1ccccc1)[C@@H](NC(=O)OCC1c2ccccc2-c2ccccc21)C(=O)O. The van der Waals surface area contributed by atoms with Crippen molar-refractivity contribution in [2.24, 2.45) is 5.92 Å². The lowest BCUT2D eigenvalue weighted by atomic mass is 9.98. The van der Waals surface area contributed by atoms with E-state index in [4.69, 9.17) is 9.47 Å². The van der Waals surface area contributed by atoms with Gasteiger partial charge in [-0.1, -0.05) is 84.9 Å². The Labute approximate surface area is 203 Å². The Bertz CT molecular complexity index is 1190. The number of hydrogen-bond acceptors (Lipinski definition) is 5. The number of carboxylic acid groups (broad SMARTS) is 1. The summed E-state index contributed by atoms with van der Waals surface area (Å²) in [5.74, 6) is -3.69. The molecule has 0 aromatic heterocycles. The van der Waals surface area contributed by atoms with Crippen LogP contribution in [-0.2, 0) is 25.7 Å². The molecule has 178 valence electrons. The summed E-state index contributed by atoms with van der Waals surface area (Å²) in [7, 11) is 0. The van der Waals surface area contributed by atoms with E-state index < -0.39 is 30.0 Å². The fourth-order valence-electron chi connectivity index (χ4n) is 4.27. The van der Waals surface area contributed by atoms with Crippen molar-refractivity contribution in [1.29, 1.82) is 0 Å². The molecule has 35 heavy (non-hydrogen) atoms. The van der Waals surface area contributed by atoms with E-state index in [1.165, 1.54) is 0 Å². The van der Waals surface area contributed by atoms with Gasteiger partial charge in [-0.3, -0.25) is 4.79 Å². The van der Waals surface area contributed by atoms with Crippen LogP contribution in [0.2, 0.25) is 0 Å². The fourth-order valence-corrected chi connectivity index (χ4v) is 4.27. The average Bonchev–Trinajstić information content (AvgIpc) is 3.20. The maximum atomic E-state index is 12.6. The lowest BCUT2D eigenvalue weighted by molar-refractivity contribution is -0.154. The van der Waals surface area contributed by atoms with Crippen molar-refractivity contribution in [2.45, 2.75) is 18.6 Å². The molecule has 0 aliphatic heterocycles. The largest absolute Gasteiger partial charge is 0.480 e. The van der Waals surface area contributed by atoms with Crippen molar-refractivity contribution < 1.29 is 29.0 Å². The number of nitrogens with one attached hydrogen (secondary N) is 1. The zero-order valence-electron chi connectivity index (χ0n) is 18.9. The van der Waals surface area contributed by atoms with Crippen LogP contribution in [-0.4, -0.2) is 35.8 Å². The number of carbonyl (C=O) groups is 3. The van der Waals surface area contributed by atoms with Crippen molar-refractivity contribution >= 4 is 18.0 Å². The Balaban J connectivity index is 1.40. The maximum absolute atomic E-state index is 12.6. The molecule has 2 atom stereocenters. The molecule has 0 saturated heterocycles. The lowest BCUT2D eigenvalue weighted by Gasteiger charge is -2.21. The Morgan fingerprint density at radius 2 is 1.46 bits per heavy atom. The van der Waals surface area contributed by atoms with Gasteiger partial charge in [0.1, 0.15) is 25.2 Å². The molecule has 0 bridgehead atoms. The molecule has 0 fully saturated rings. The zero-order valence-corrected chi connectivity index (χ0v) is 18.9. The van der Waals surface area contributed by atoms with Crippen molar-refractivity contribution in [1.82, 2.24) is 5.32 Å². The predicted molar refractivity (Wildman–Crippen MR) is 130 cm³/mol. The van der Waals surface area contributed by atoms with E-state index in [2.05, 4.69) is 11.9 Å². The predicted octanol–water partition coefficient (Wildman–Crippen LogP) is 4.52. The second kappa shape index (κ2) is 10.7. The first-order chi connectivity index (χ1) is 17.0. The van der Waals surface area contributed by atoms with Crippen LogP contribution in [0.3, 0.4) is 0 Å². The molecule has 1 amide bonds. The summed E-state index contributed by atoms with van der Waals surface area (Å²) >= 11 is 0. The van der Waals surface area contributed by atoms with E-state index >= 15 is 0 Å². The molecule has 1 aliphatic carbocycles. The number of aliphatic carboxylic acids is 1. The molecule has 0 saturated carbocycles. The van der Waals surface area contributed by atoms with Crippen LogP contribution in [0.15, 0.2) is 91.5 Å². The number of hydrogen-bond donors (Lipinski definition) is 2. The molecule has 3 aromatic rings. The highest BCUT2D eigenvalue weighted by molar-refractivity contribution is 5.88. The first-order valence-electron chi connectivity index (χ1n) is 11.2. The van der Waals surface area contributed by atoms with Crippen LogP contribution < -0.4 is 5.32 Å². The van der Waals surface area contributed by atoms with E-state index in [1.807, 2.05) is 54.6 Å². The summed E-state index contributed by atoms with van der Waals surface area (Å²) in [5, 5.41) is 12.0. The van der Waals surface area contributed by atoms with Gasteiger partial charge in [0.15, 0.2) is 0 Å². The van der Waals surface area contributed by atoms with Crippen molar-refractivity contribution in [3.05, 3.63) is 108 Å². The van der Waals surface area contributed by atoms with Gasteiger partial charge in [-0.2, -0.15) is 0 Å². The third-order valence-corrected chi connectivity index (χ3v) is 5.99. The van der Waals surface area contributed by atoms with Crippen LogP contribution in [0, 0.1) is 5.92 Å². The third kappa shape index (κ3) is 5.24. The minimum absolute atomic E-state index is 0.0173. The van der Waals surface area contributed by atoms with Crippen LogP contribution in [0.25, 0.3) is 11.1 Å². The molecule has 0 heterocycles. The number of esters is 1. The molecule has 1 unspecified atom stereocenters. The smallest absolute Gasteiger partial charge is 0.407 e. The molecule has 0 radical (unpaired) electrons. The normalized spacial score (nSPS) is 13.6. The summed E-state index contributed by atoms with van der Waals surface area (Å²) in [6.45, 7) is 3.54. The number of rotatable bonds is 9. The van der Waals surface area contributed by atoms with Gasteiger partial charge in [0.2, 0.25) is 0 Å². The molecule has 7 nitrogen and oxygen atoms in total. The summed E-state index contributed by atoms with van der Waals surface area (Å²) in [6.07, 6.45) is 0.206. The number of amides is 1. The second-order valence-corrected chi connectivity index (χ2v) is 8.14. The van der Waals surface area contributed by atoms with Gasteiger partial charge < -0.3 is 19.9 Å². The molecule has 1 aliphatic rings. The van der Waals surface area contributed by atoms with Crippen LogP contribution >= 0.6 is 0 Å². The number of alkyl carbamates (subject to hydrolysis) is 1. The van der Waals surface area contributed by atoms with Crippen molar-refractivity contribution in [3.63, 3.8) is 0 Å². The molecular formula is C28H25NO6. The Morgan fingerprint density at radius 3 is 2.03 bits per heavy atom. The molecule has 4 rings (SSSR count). The molecule has 2 N–H and O–H groups in total. The van der Waals surface area contributed by atoms with E-state index in [-0.39, 0.29) is 19.1 Å². The van der Waals surface area contributed by atoms with E-state index in [1.54, 1.807) is 24.3 Å². The fraction of sp³-hybridized carbons (Fsp3) is 0.179. The number of carbonyl (C=O) groups excluding carboxylic acids is 2. The number of ether oxygens (including phenoxy) is 2. The highest BCUT2D eigenvalue weighted by Crippen LogP contribution is 2.44. The number of carboxylic acids is 1. The van der Waals surface area contributed by atoms with Crippen LogP contribution in [0.1, 0.15) is 22.6 Å². The van der Waals surface area contributed by atoms with Gasteiger partial charge in [-0.15, -0.1) is 6.58 Å². The van der Waals surface area contributed by atoms with E-state index in [0.717, 1.165) is 33.9 Å². The highest BCUT2D eigenvalue weighted by atomic mass is 16.6. The first kappa shape index (κ1) is 23.8. The highest BCUT2D eigenvalue weighted by Gasteiger charge is 2.35. The summed E-state index contributed by atoms with van der Waals surface area (Å²) < 4.78 is 10.7. The van der Waals surface area contributed by atoms with Crippen LogP contribution in [0.4, 0.5) is 4.79 Å². The minimum Gasteiger partial charge on any atom is -0.480 e. The van der Waals surface area contributed by atoms with E-state index in [0.29, 0.717) is 0 Å². The Hall–Kier alpha value is -4.39. The standard InChI is InChI=1S/C28H25NO6/c1-2-19(27(32)34-16-18-10-4-3-5-11-18)25(26(30)31)29-28(33)35-17-24-22-14-8-6-12-20(22)21-13-7-9-15-23(21)24/h2-15,19,24-25H,1,16-17H2,(H,29,33)(H,30,31)/t19?,25-/m1/s1. The van der Waals surface area contributed by atoms with E-state index in [9.17, 15) is 19.5 Å². The Morgan fingerprint density at radius 1 is 0.886 bits per heavy atom. The van der Waals surface area contributed by atoms with Gasteiger partial charge in [-0.05, 0) is 27.8 Å². The second-order valence-electron chi connectivity index (χ2n) is 8.14. The average molecular weight is 472 g/mol. The molecule has 7 heteroatoms. The van der Waals surface area contributed by atoms with Crippen molar-refractivity contribution in [3.8, 4) is 11.1 Å². The first-order valence-corrected chi connectivity index (χ1v) is 11.2. The number of benzene rings is 3. The zero-order chi connectivity index (χ0) is 24.8. The van der Waals surface area contributed by atoms with Gasteiger partial charge >= 0.3 is 18.0 Å². The quantitative estimate of drug-likeness (QED) is 0.351. The van der Waals surface area contributed by atoms with Gasteiger partial charge in [0.25, 0.3) is 0 Å². The topological polar surface area (TPSA) is 102 Å². The molecule has 0 spiro atoms. The summed E-state index contributed by atoms with van der Waals surface area (Å²) in [4.78, 5) is 37.0. The maximum Gasteiger partial charge on any atom is 0.407 e. The third-order valence-electron chi connectivity index (χ3n) is 5.99. The van der Waals surface area contributed by atoms with Gasteiger partial charge in [0, 0.05) is 5.92 Å². The summed E-state index contributed by atoms with van der Waals surface area (Å²) in [6, 6.07) is 23.2.